The van der Waals surface area contributed by atoms with Crippen LogP contribution in [0.25, 0.3) is 0 Å². The minimum absolute atomic E-state index is 0.0223. The van der Waals surface area contributed by atoms with Crippen LogP contribution in [0.15, 0.2) is 48.7 Å². The molecule has 0 bridgehead atoms. The Kier molecular flexibility index (Phi) is 8.42. The molecule has 3 aliphatic rings. The zero-order valence-electron chi connectivity index (χ0n) is 25.4. The monoisotopic (exact) mass is 614 g/mol. The van der Waals surface area contributed by atoms with E-state index in [9.17, 15) is 19.2 Å². The van der Waals surface area contributed by atoms with Gasteiger partial charge in [-0.1, -0.05) is 25.1 Å². The number of aryl methyl sites for hydroxylation is 2. The number of hydrogen-bond acceptors (Lipinski definition) is 8. The molecule has 8 nitrogen and oxygen atoms in total. The third-order valence-electron chi connectivity index (χ3n) is 9.96. The van der Waals surface area contributed by atoms with Crippen LogP contribution in [0.5, 0.6) is 11.5 Å². The molecule has 230 valence electrons. The fraction of sp³-hybridized carbons (Fsp3) is 0.457. The number of ketones is 1. The van der Waals surface area contributed by atoms with Crippen LogP contribution >= 0.6 is 11.3 Å². The van der Waals surface area contributed by atoms with Crippen LogP contribution in [0.3, 0.4) is 0 Å². The number of carbonyl (C=O) groups excluding carboxylic acids is 4. The van der Waals surface area contributed by atoms with Crippen molar-refractivity contribution in [3.05, 3.63) is 70.2 Å². The van der Waals surface area contributed by atoms with E-state index in [2.05, 4.69) is 23.3 Å². The second kappa shape index (κ2) is 12.3. The number of carbonyl (C=O) groups is 4. The molecule has 1 aromatic heterocycles. The maximum atomic E-state index is 13.4. The lowest BCUT2D eigenvalue weighted by Crippen LogP contribution is -2.44. The number of fused-ring (bicyclic) bond motifs is 5. The Labute approximate surface area is 261 Å². The Balaban J connectivity index is 1.13. The third kappa shape index (κ3) is 5.94. The quantitative estimate of drug-likeness (QED) is 0.214. The van der Waals surface area contributed by atoms with E-state index in [1.165, 1.54) is 29.4 Å². The van der Waals surface area contributed by atoms with Gasteiger partial charge in [-0.3, -0.25) is 14.4 Å². The molecule has 0 spiro atoms. The summed E-state index contributed by atoms with van der Waals surface area (Å²) in [6.45, 7) is 5.44. The topological polar surface area (TPSA) is 112 Å². The number of nitrogens with one attached hydrogen (secondary N) is 1. The molecule has 5 atom stereocenters. The Morgan fingerprint density at radius 2 is 1.93 bits per heavy atom. The van der Waals surface area contributed by atoms with Gasteiger partial charge in [-0.05, 0) is 105 Å². The fourth-order valence-electron chi connectivity index (χ4n) is 8.11. The lowest BCUT2D eigenvalue weighted by molar-refractivity contribution is -0.132. The van der Waals surface area contributed by atoms with Gasteiger partial charge in [0.25, 0.3) is 0 Å². The highest BCUT2D eigenvalue weighted by atomic mass is 32.1. The first-order chi connectivity index (χ1) is 21.1. The number of thiazole rings is 1. The lowest BCUT2D eigenvalue weighted by Gasteiger charge is -2.50. The van der Waals surface area contributed by atoms with Crippen LogP contribution in [0, 0.1) is 30.1 Å². The Morgan fingerprint density at radius 3 is 2.70 bits per heavy atom. The smallest absolute Gasteiger partial charge is 0.347 e. The number of Topliss-reactive ketones (excluding diaryl/α,β-unsaturated/α-hetero) is 1. The molecule has 0 aliphatic heterocycles. The molecular weight excluding hydrogens is 576 g/mol. The Bertz CT molecular complexity index is 1610. The normalized spacial score (nSPS) is 25.4. The van der Waals surface area contributed by atoms with Crippen molar-refractivity contribution in [3.8, 4) is 11.5 Å². The summed E-state index contributed by atoms with van der Waals surface area (Å²) in [5.41, 5.74) is 2.37. The molecule has 1 N–H and O–H groups in total. The molecule has 6 rings (SSSR count). The maximum Gasteiger partial charge on any atom is 0.347 e. The molecule has 44 heavy (non-hydrogen) atoms. The van der Waals surface area contributed by atoms with Crippen LogP contribution in [0.2, 0.25) is 0 Å². The van der Waals surface area contributed by atoms with E-state index in [0.717, 1.165) is 43.4 Å². The predicted octanol–water partition coefficient (Wildman–Crippen LogP) is 7.06. The highest BCUT2D eigenvalue weighted by Crippen LogP contribution is 2.62. The lowest BCUT2D eigenvalue weighted by atomic mass is 9.54. The van der Waals surface area contributed by atoms with E-state index in [1.54, 1.807) is 30.5 Å². The van der Waals surface area contributed by atoms with Crippen molar-refractivity contribution in [2.75, 3.05) is 5.32 Å². The molecule has 3 unspecified atom stereocenters. The average molecular weight is 615 g/mol. The second-order valence-electron chi connectivity index (χ2n) is 12.7. The van der Waals surface area contributed by atoms with Gasteiger partial charge in [0.05, 0.1) is 0 Å². The van der Waals surface area contributed by atoms with Gasteiger partial charge in [-0.25, -0.2) is 9.78 Å². The predicted molar refractivity (Wildman–Crippen MR) is 167 cm³/mol. The molecule has 2 saturated carbocycles. The number of nitrogens with zero attached hydrogens (tertiary/aromatic N) is 1. The summed E-state index contributed by atoms with van der Waals surface area (Å²) in [7, 11) is 0. The zero-order chi connectivity index (χ0) is 31.0. The van der Waals surface area contributed by atoms with Crippen molar-refractivity contribution in [1.29, 1.82) is 0 Å². The summed E-state index contributed by atoms with van der Waals surface area (Å²) in [6, 6.07) is 12.5. The number of amides is 1. The number of benzene rings is 2. The van der Waals surface area contributed by atoms with Gasteiger partial charge >= 0.3 is 11.9 Å². The fourth-order valence-corrected chi connectivity index (χ4v) is 8.79. The van der Waals surface area contributed by atoms with Gasteiger partial charge in [0, 0.05) is 36.3 Å². The van der Waals surface area contributed by atoms with E-state index in [4.69, 9.17) is 9.47 Å². The summed E-state index contributed by atoms with van der Waals surface area (Å²) >= 11 is 1.47. The van der Waals surface area contributed by atoms with Crippen LogP contribution in [-0.2, 0) is 20.8 Å². The van der Waals surface area contributed by atoms with E-state index < -0.39 is 11.9 Å². The second-order valence-corrected chi connectivity index (χ2v) is 14.0. The average Bonchev–Trinajstić information content (AvgIpc) is 3.51. The van der Waals surface area contributed by atoms with Gasteiger partial charge in [-0.2, -0.15) is 0 Å². The van der Waals surface area contributed by atoms with Crippen LogP contribution in [0.4, 0.5) is 5.13 Å². The SMILES string of the molecule is CC(=O)Oc1ccccc1C(=O)Oc1ccc2c(c1)CCC1C2CC[C@]2(C)C(=O)C[C@@H](CCCC(=O)Nc3ncc(C)s3)C12. The van der Waals surface area contributed by atoms with Crippen LogP contribution < -0.4 is 14.8 Å². The number of anilines is 1. The number of hydrogen-bond donors (Lipinski definition) is 1. The first kappa shape index (κ1) is 30.2. The maximum absolute atomic E-state index is 13.4. The highest BCUT2D eigenvalue weighted by Gasteiger charge is 2.58. The number of para-hydroxylation sites is 1. The van der Waals surface area contributed by atoms with Crippen molar-refractivity contribution >= 4 is 40.1 Å². The van der Waals surface area contributed by atoms with Gasteiger partial charge in [0.1, 0.15) is 22.8 Å². The summed E-state index contributed by atoms with van der Waals surface area (Å²) in [4.78, 5) is 55.7. The molecule has 0 radical (unpaired) electrons. The zero-order valence-corrected chi connectivity index (χ0v) is 26.2. The molecule has 3 aromatic rings. The minimum Gasteiger partial charge on any atom is -0.426 e. The van der Waals surface area contributed by atoms with E-state index >= 15 is 0 Å². The summed E-state index contributed by atoms with van der Waals surface area (Å²) < 4.78 is 10.9. The summed E-state index contributed by atoms with van der Waals surface area (Å²) in [5.74, 6) is 1.28. The van der Waals surface area contributed by atoms with E-state index in [1.807, 2.05) is 19.1 Å². The third-order valence-corrected chi connectivity index (χ3v) is 10.8. The number of esters is 2. The molecule has 1 heterocycles. The summed E-state index contributed by atoms with van der Waals surface area (Å²) in [5, 5.41) is 3.54. The number of rotatable bonds is 8. The first-order valence-corrected chi connectivity index (χ1v) is 16.3. The van der Waals surface area contributed by atoms with Crippen molar-refractivity contribution in [3.63, 3.8) is 0 Å². The van der Waals surface area contributed by atoms with Crippen molar-refractivity contribution < 1.29 is 28.7 Å². The Hall–Kier alpha value is -3.85. The largest absolute Gasteiger partial charge is 0.426 e. The molecule has 2 fully saturated rings. The Morgan fingerprint density at radius 1 is 1.11 bits per heavy atom. The standard InChI is InChI=1S/C35H38N2O6S/c1-20-19-36-34(44-20)37-31(40)10-6-7-23-18-30(39)35(3)16-15-26-25-14-12-24(17-22(25)11-13-27(26)32(23)35)43-33(41)28-8-4-5-9-29(28)42-21(2)38/h4-5,8-9,12,14,17,19,23,26-27,32H,6-7,10-11,13,15-16,18H2,1-3H3,(H,36,37,40)/t23-,26?,27?,32?,35-/m1/s1. The van der Waals surface area contributed by atoms with Crippen LogP contribution in [0.1, 0.15) is 91.1 Å². The molecule has 9 heteroatoms. The minimum atomic E-state index is -0.577. The van der Waals surface area contributed by atoms with Gasteiger partial charge in [0.2, 0.25) is 5.91 Å². The van der Waals surface area contributed by atoms with Crippen LogP contribution in [-0.4, -0.2) is 28.6 Å². The van der Waals surface area contributed by atoms with Crippen molar-refractivity contribution in [2.24, 2.45) is 23.2 Å². The van der Waals surface area contributed by atoms with Crippen molar-refractivity contribution in [2.45, 2.75) is 78.1 Å². The van der Waals surface area contributed by atoms with Gasteiger partial charge in [-0.15, -0.1) is 11.3 Å². The van der Waals surface area contributed by atoms with Crippen molar-refractivity contribution in [1.82, 2.24) is 4.98 Å². The molecule has 1 amide bonds. The van der Waals surface area contributed by atoms with E-state index in [-0.39, 0.29) is 28.6 Å². The van der Waals surface area contributed by atoms with E-state index in [0.29, 0.717) is 47.3 Å². The molecular formula is C35H38N2O6S. The van der Waals surface area contributed by atoms with Gasteiger partial charge in [0.15, 0.2) is 5.13 Å². The number of ether oxygens (including phenoxy) is 2. The first-order valence-electron chi connectivity index (χ1n) is 15.5. The molecule has 3 aliphatic carbocycles. The molecule has 0 saturated heterocycles. The number of aromatic nitrogens is 1. The molecule has 2 aromatic carbocycles. The van der Waals surface area contributed by atoms with Gasteiger partial charge < -0.3 is 14.8 Å². The highest BCUT2D eigenvalue weighted by molar-refractivity contribution is 7.15. The summed E-state index contributed by atoms with van der Waals surface area (Å²) in [6.07, 6.45) is 8.10.